The Balaban J connectivity index is 2.02. The van der Waals surface area contributed by atoms with E-state index in [2.05, 4.69) is 10.3 Å². The summed E-state index contributed by atoms with van der Waals surface area (Å²) in [6.07, 6.45) is 0.981. The monoisotopic (exact) mass is 412 g/mol. The minimum atomic E-state index is -0.881. The van der Waals surface area contributed by atoms with Crippen LogP contribution >= 0.6 is 0 Å². The molecule has 2 aromatic carbocycles. The van der Waals surface area contributed by atoms with E-state index < -0.39 is 22.1 Å². The number of nitro groups is 1. The van der Waals surface area contributed by atoms with Crippen LogP contribution < -0.4 is 26.0 Å². The van der Waals surface area contributed by atoms with Crippen molar-refractivity contribution in [1.82, 2.24) is 9.55 Å². The van der Waals surface area contributed by atoms with Crippen molar-refractivity contribution in [3.63, 3.8) is 0 Å². The van der Waals surface area contributed by atoms with Gasteiger partial charge in [0, 0.05) is 30.1 Å². The predicted molar refractivity (Wildman–Crippen MR) is 107 cm³/mol. The number of hydrogen-bond donors (Lipinski definition) is 2. The number of rotatable bonds is 6. The molecule has 0 unspecified atom stereocenters. The van der Waals surface area contributed by atoms with Crippen molar-refractivity contribution in [2.45, 2.75) is 0 Å². The zero-order chi connectivity index (χ0) is 21.8. The third kappa shape index (κ3) is 3.90. The average Bonchev–Trinajstić information content (AvgIpc) is 2.73. The third-order valence-corrected chi connectivity index (χ3v) is 4.16. The molecule has 0 aliphatic carbocycles. The maximum absolute atomic E-state index is 12.9. The molecule has 0 aliphatic rings. The van der Waals surface area contributed by atoms with Gasteiger partial charge in [-0.15, -0.1) is 0 Å². The van der Waals surface area contributed by atoms with Gasteiger partial charge in [0.25, 0.3) is 17.2 Å². The number of nitro benzene ring substituents is 1. The molecule has 0 atom stereocenters. The molecule has 1 aromatic heterocycles. The van der Waals surface area contributed by atoms with Crippen molar-refractivity contribution in [3.05, 3.63) is 85.2 Å². The fourth-order valence-corrected chi connectivity index (χ4v) is 2.73. The smallest absolute Gasteiger partial charge is 0.333 e. The molecule has 0 fully saturated rings. The number of aromatic amines is 1. The highest BCUT2D eigenvalue weighted by atomic mass is 16.6. The maximum atomic E-state index is 12.9. The van der Waals surface area contributed by atoms with Crippen molar-refractivity contribution in [3.8, 4) is 17.2 Å². The van der Waals surface area contributed by atoms with E-state index in [4.69, 9.17) is 9.47 Å². The lowest BCUT2D eigenvalue weighted by Gasteiger charge is -2.11. The Kier molecular flexibility index (Phi) is 5.63. The normalized spacial score (nSPS) is 10.3. The maximum Gasteiger partial charge on any atom is 0.333 e. The minimum absolute atomic E-state index is 0.123. The van der Waals surface area contributed by atoms with Crippen LogP contribution in [0.1, 0.15) is 10.4 Å². The molecular formula is C19H16N4O7. The molecule has 0 radical (unpaired) electrons. The van der Waals surface area contributed by atoms with E-state index in [0.717, 1.165) is 16.8 Å². The summed E-state index contributed by atoms with van der Waals surface area (Å²) in [5.74, 6) is -0.163. The Bertz CT molecular complexity index is 1250. The van der Waals surface area contributed by atoms with E-state index in [9.17, 15) is 24.5 Å². The van der Waals surface area contributed by atoms with Gasteiger partial charge in [0.15, 0.2) is 11.5 Å². The van der Waals surface area contributed by atoms with Crippen LogP contribution in [0.5, 0.6) is 11.5 Å². The van der Waals surface area contributed by atoms with Crippen LogP contribution in [0, 0.1) is 10.1 Å². The predicted octanol–water partition coefficient (Wildman–Crippen LogP) is 1.70. The van der Waals surface area contributed by atoms with E-state index in [1.54, 1.807) is 0 Å². The molecule has 11 heteroatoms. The summed E-state index contributed by atoms with van der Waals surface area (Å²) in [5.41, 5.74) is -1.96. The Morgan fingerprint density at radius 1 is 1.10 bits per heavy atom. The molecule has 2 N–H and O–H groups in total. The van der Waals surface area contributed by atoms with Crippen LogP contribution in [0.2, 0.25) is 0 Å². The van der Waals surface area contributed by atoms with E-state index in [-0.39, 0.29) is 28.4 Å². The van der Waals surface area contributed by atoms with Gasteiger partial charge < -0.3 is 19.8 Å². The number of nitrogens with one attached hydrogen (secondary N) is 2. The lowest BCUT2D eigenvalue weighted by atomic mass is 10.2. The number of amides is 1. The van der Waals surface area contributed by atoms with Crippen LogP contribution in [0.3, 0.4) is 0 Å². The highest BCUT2D eigenvalue weighted by Crippen LogP contribution is 2.28. The summed E-state index contributed by atoms with van der Waals surface area (Å²) in [6, 6.07) is 9.62. The van der Waals surface area contributed by atoms with Gasteiger partial charge in [0.2, 0.25) is 0 Å². The van der Waals surface area contributed by atoms with E-state index in [1.165, 1.54) is 50.6 Å². The molecule has 1 amide bonds. The first-order valence-electron chi connectivity index (χ1n) is 8.48. The van der Waals surface area contributed by atoms with Crippen LogP contribution in [-0.2, 0) is 0 Å². The minimum Gasteiger partial charge on any atom is -0.493 e. The molecule has 154 valence electrons. The van der Waals surface area contributed by atoms with Crippen LogP contribution in [-0.4, -0.2) is 34.6 Å². The van der Waals surface area contributed by atoms with Gasteiger partial charge in [-0.3, -0.25) is 19.7 Å². The Morgan fingerprint density at radius 3 is 2.50 bits per heavy atom. The summed E-state index contributed by atoms with van der Waals surface area (Å²) < 4.78 is 11.1. The molecule has 0 saturated heterocycles. The standard InChI is InChI=1S/C19H16N4O7/c1-29-15-7-6-12(9-16(15)30-2)22-18(25)14(10-20-19(22)26)17(24)21-11-4-3-5-13(8-11)23(27)28/h3-10H,1-2H3,(H,20,26)(H,21,24). The number of aromatic nitrogens is 2. The number of methoxy groups -OCH3 is 2. The molecule has 0 saturated carbocycles. The number of carbonyl (C=O) groups excluding carboxylic acids is 1. The fraction of sp³-hybridized carbons (Fsp3) is 0.105. The third-order valence-electron chi connectivity index (χ3n) is 4.16. The van der Waals surface area contributed by atoms with Gasteiger partial charge >= 0.3 is 5.69 Å². The SMILES string of the molecule is COc1ccc(-n2c(=O)[nH]cc(C(=O)Nc3cccc([N+](=O)[O-])c3)c2=O)cc1OC. The highest BCUT2D eigenvalue weighted by molar-refractivity contribution is 6.04. The molecule has 1 heterocycles. The number of carbonyl (C=O) groups is 1. The lowest BCUT2D eigenvalue weighted by molar-refractivity contribution is -0.384. The summed E-state index contributed by atoms with van der Waals surface area (Å²) in [5, 5.41) is 13.3. The first kappa shape index (κ1) is 20.3. The van der Waals surface area contributed by atoms with Gasteiger partial charge in [-0.2, -0.15) is 0 Å². The van der Waals surface area contributed by atoms with Crippen molar-refractivity contribution in [2.24, 2.45) is 0 Å². The number of hydrogen-bond acceptors (Lipinski definition) is 7. The van der Waals surface area contributed by atoms with E-state index in [0.29, 0.717) is 5.75 Å². The number of benzene rings is 2. The summed E-state index contributed by atoms with van der Waals surface area (Å²) in [4.78, 5) is 50.3. The topological polar surface area (TPSA) is 146 Å². The summed E-state index contributed by atoms with van der Waals surface area (Å²) >= 11 is 0. The zero-order valence-corrected chi connectivity index (χ0v) is 15.9. The molecular weight excluding hydrogens is 396 g/mol. The number of H-pyrrole nitrogens is 1. The second-order valence-electron chi connectivity index (χ2n) is 5.95. The molecule has 0 aliphatic heterocycles. The lowest BCUT2D eigenvalue weighted by Crippen LogP contribution is -2.38. The van der Waals surface area contributed by atoms with Crippen LogP contribution in [0.25, 0.3) is 5.69 Å². The summed E-state index contributed by atoms with van der Waals surface area (Å²) in [6.45, 7) is 0. The number of non-ortho nitro benzene ring substituents is 1. The van der Waals surface area contributed by atoms with Crippen LogP contribution in [0.15, 0.2) is 58.3 Å². The van der Waals surface area contributed by atoms with E-state index >= 15 is 0 Å². The van der Waals surface area contributed by atoms with Crippen molar-refractivity contribution in [2.75, 3.05) is 19.5 Å². The number of nitrogens with zero attached hydrogens (tertiary/aromatic N) is 2. The van der Waals surface area contributed by atoms with Crippen molar-refractivity contribution < 1.29 is 19.2 Å². The molecule has 30 heavy (non-hydrogen) atoms. The molecule has 0 bridgehead atoms. The molecule has 0 spiro atoms. The van der Waals surface area contributed by atoms with Gasteiger partial charge in [-0.1, -0.05) is 6.07 Å². The second-order valence-corrected chi connectivity index (χ2v) is 5.95. The zero-order valence-electron chi connectivity index (χ0n) is 15.9. The average molecular weight is 412 g/mol. The van der Waals surface area contributed by atoms with Crippen molar-refractivity contribution >= 4 is 17.3 Å². The fourth-order valence-electron chi connectivity index (χ4n) is 2.73. The van der Waals surface area contributed by atoms with Gasteiger partial charge in [0.1, 0.15) is 5.56 Å². The Morgan fingerprint density at radius 2 is 1.83 bits per heavy atom. The van der Waals surface area contributed by atoms with E-state index in [1.807, 2.05) is 0 Å². The van der Waals surface area contributed by atoms with Crippen molar-refractivity contribution in [1.29, 1.82) is 0 Å². The quantitative estimate of drug-likeness (QED) is 0.463. The number of ether oxygens (including phenoxy) is 2. The first-order valence-corrected chi connectivity index (χ1v) is 8.48. The first-order chi connectivity index (χ1) is 14.3. The molecule has 3 rings (SSSR count). The second kappa shape index (κ2) is 8.31. The Hall–Kier alpha value is -4.41. The highest BCUT2D eigenvalue weighted by Gasteiger charge is 2.18. The summed E-state index contributed by atoms with van der Waals surface area (Å²) in [7, 11) is 2.84. The largest absolute Gasteiger partial charge is 0.493 e. The Labute approximate surface area is 168 Å². The van der Waals surface area contributed by atoms with Gasteiger partial charge in [-0.25, -0.2) is 9.36 Å². The van der Waals surface area contributed by atoms with Gasteiger partial charge in [-0.05, 0) is 18.2 Å². The molecule has 3 aromatic rings. The molecule has 11 nitrogen and oxygen atoms in total. The van der Waals surface area contributed by atoms with Gasteiger partial charge in [0.05, 0.1) is 24.8 Å². The number of anilines is 1. The van der Waals surface area contributed by atoms with Crippen LogP contribution in [0.4, 0.5) is 11.4 Å².